The van der Waals surface area contributed by atoms with Crippen LogP contribution in [0.3, 0.4) is 0 Å². The van der Waals surface area contributed by atoms with Crippen molar-refractivity contribution < 1.29 is 23.5 Å². The molecule has 130 valence electrons. The van der Waals surface area contributed by atoms with Crippen LogP contribution in [0, 0.1) is 12.3 Å². The van der Waals surface area contributed by atoms with Crippen LogP contribution in [0.2, 0.25) is 0 Å². The zero-order chi connectivity index (χ0) is 17.2. The molecule has 1 saturated heterocycles. The Balaban J connectivity index is 2.24. The van der Waals surface area contributed by atoms with E-state index in [0.29, 0.717) is 24.4 Å². The second kappa shape index (κ2) is 7.01. The van der Waals surface area contributed by atoms with Crippen molar-refractivity contribution in [3.63, 3.8) is 0 Å². The molecule has 2 rings (SSSR count). The van der Waals surface area contributed by atoms with E-state index in [4.69, 9.17) is 18.7 Å². The molecule has 0 amide bonds. The molecule has 1 aliphatic heterocycles. The largest absolute Gasteiger partial charge is 0.461 e. The van der Waals surface area contributed by atoms with E-state index in [1.807, 2.05) is 6.92 Å². The Morgan fingerprint density at radius 1 is 1.35 bits per heavy atom. The van der Waals surface area contributed by atoms with Gasteiger partial charge in [0.05, 0.1) is 18.8 Å². The maximum absolute atomic E-state index is 11.9. The number of carbonyl (C=O) groups excluding carboxylic acids is 1. The molecule has 1 fully saturated rings. The molecule has 2 heterocycles. The van der Waals surface area contributed by atoms with Gasteiger partial charge in [-0.1, -0.05) is 25.9 Å². The lowest BCUT2D eigenvalue weighted by atomic mass is 9.82. The predicted octanol–water partition coefficient (Wildman–Crippen LogP) is 3.44. The summed E-state index contributed by atoms with van der Waals surface area (Å²) in [5.41, 5.74) is 0.892. The number of methoxy groups -OCH3 is 1. The zero-order valence-electron chi connectivity index (χ0n) is 14.8. The smallest absolute Gasteiger partial charge is 0.360 e. The SMILES string of the molecule is CCOC(=O)c1noc([C@@H]2C[C@H](OC)CC(C(C)(C)C)O2)c1C. The highest BCUT2D eigenvalue weighted by molar-refractivity contribution is 5.88. The first-order valence-corrected chi connectivity index (χ1v) is 8.09. The number of nitrogens with zero attached hydrogens (tertiary/aromatic N) is 1. The van der Waals surface area contributed by atoms with Crippen molar-refractivity contribution in [1.29, 1.82) is 0 Å². The lowest BCUT2D eigenvalue weighted by molar-refractivity contribution is -0.150. The van der Waals surface area contributed by atoms with E-state index in [1.165, 1.54) is 0 Å². The lowest BCUT2D eigenvalue weighted by Gasteiger charge is -2.40. The number of ether oxygens (including phenoxy) is 3. The maximum Gasteiger partial charge on any atom is 0.360 e. The first-order chi connectivity index (χ1) is 10.8. The summed E-state index contributed by atoms with van der Waals surface area (Å²) in [7, 11) is 1.71. The van der Waals surface area contributed by atoms with Gasteiger partial charge in [-0.15, -0.1) is 0 Å². The fraction of sp³-hybridized carbons (Fsp3) is 0.765. The van der Waals surface area contributed by atoms with Crippen molar-refractivity contribution in [2.45, 2.75) is 65.8 Å². The van der Waals surface area contributed by atoms with Crippen LogP contribution in [-0.4, -0.2) is 37.1 Å². The third-order valence-electron chi connectivity index (χ3n) is 4.30. The molecule has 23 heavy (non-hydrogen) atoms. The number of aromatic nitrogens is 1. The first-order valence-electron chi connectivity index (χ1n) is 8.09. The van der Waals surface area contributed by atoms with Crippen LogP contribution in [0.4, 0.5) is 0 Å². The van der Waals surface area contributed by atoms with Gasteiger partial charge in [-0.2, -0.15) is 0 Å². The van der Waals surface area contributed by atoms with Crippen LogP contribution >= 0.6 is 0 Å². The summed E-state index contributed by atoms with van der Waals surface area (Å²) >= 11 is 0. The zero-order valence-corrected chi connectivity index (χ0v) is 14.8. The molecule has 1 unspecified atom stereocenters. The fourth-order valence-corrected chi connectivity index (χ4v) is 2.84. The van der Waals surface area contributed by atoms with Gasteiger partial charge < -0.3 is 18.7 Å². The average molecular weight is 325 g/mol. The number of esters is 1. The Morgan fingerprint density at radius 2 is 2.04 bits per heavy atom. The average Bonchev–Trinajstić information content (AvgIpc) is 2.88. The van der Waals surface area contributed by atoms with Gasteiger partial charge >= 0.3 is 5.97 Å². The Hall–Kier alpha value is -1.40. The summed E-state index contributed by atoms with van der Waals surface area (Å²) in [5.74, 6) is 0.121. The summed E-state index contributed by atoms with van der Waals surface area (Å²) in [4.78, 5) is 11.9. The van der Waals surface area contributed by atoms with Gasteiger partial charge in [0, 0.05) is 25.5 Å². The molecule has 0 N–H and O–H groups in total. The highest BCUT2D eigenvalue weighted by Gasteiger charge is 2.39. The Labute approximate surface area is 137 Å². The van der Waals surface area contributed by atoms with Gasteiger partial charge in [0.2, 0.25) is 0 Å². The Morgan fingerprint density at radius 3 is 2.61 bits per heavy atom. The molecule has 1 aliphatic rings. The van der Waals surface area contributed by atoms with E-state index in [1.54, 1.807) is 14.0 Å². The number of hydrogen-bond donors (Lipinski definition) is 0. The molecule has 3 atom stereocenters. The Kier molecular flexibility index (Phi) is 5.47. The minimum atomic E-state index is -0.466. The monoisotopic (exact) mass is 325 g/mol. The molecule has 0 bridgehead atoms. The van der Waals surface area contributed by atoms with Gasteiger partial charge in [0.25, 0.3) is 0 Å². The fourth-order valence-electron chi connectivity index (χ4n) is 2.84. The lowest BCUT2D eigenvalue weighted by Crippen LogP contribution is -2.40. The first kappa shape index (κ1) is 17.9. The van der Waals surface area contributed by atoms with Crippen molar-refractivity contribution in [2.24, 2.45) is 5.41 Å². The number of rotatable bonds is 4. The van der Waals surface area contributed by atoms with Gasteiger partial charge in [0.15, 0.2) is 11.5 Å². The molecule has 1 aromatic rings. The molecule has 0 radical (unpaired) electrons. The molecule has 0 aliphatic carbocycles. The van der Waals surface area contributed by atoms with Crippen molar-refractivity contribution in [2.75, 3.05) is 13.7 Å². The molecular formula is C17H27NO5. The van der Waals surface area contributed by atoms with Crippen LogP contribution in [0.15, 0.2) is 4.52 Å². The van der Waals surface area contributed by atoms with E-state index in [2.05, 4.69) is 25.9 Å². The quantitative estimate of drug-likeness (QED) is 0.790. The molecule has 6 nitrogen and oxygen atoms in total. The minimum Gasteiger partial charge on any atom is -0.461 e. The summed E-state index contributed by atoms with van der Waals surface area (Å²) in [6.45, 7) is 10.3. The predicted molar refractivity (Wildman–Crippen MR) is 84.3 cm³/mol. The topological polar surface area (TPSA) is 70.8 Å². The molecular weight excluding hydrogens is 298 g/mol. The van der Waals surface area contributed by atoms with Crippen molar-refractivity contribution in [3.05, 3.63) is 17.0 Å². The van der Waals surface area contributed by atoms with Crippen molar-refractivity contribution >= 4 is 5.97 Å². The third kappa shape index (κ3) is 3.93. The van der Waals surface area contributed by atoms with Crippen molar-refractivity contribution in [1.82, 2.24) is 5.16 Å². The molecule has 0 aromatic carbocycles. The molecule has 0 saturated carbocycles. The van der Waals surface area contributed by atoms with Crippen LogP contribution in [-0.2, 0) is 14.2 Å². The third-order valence-corrected chi connectivity index (χ3v) is 4.30. The molecule has 6 heteroatoms. The van der Waals surface area contributed by atoms with E-state index < -0.39 is 5.97 Å². The highest BCUT2D eigenvalue weighted by atomic mass is 16.5. The second-order valence-corrected chi connectivity index (χ2v) is 7.05. The van der Waals surface area contributed by atoms with Gasteiger partial charge in [-0.05, 0) is 19.3 Å². The van der Waals surface area contributed by atoms with Crippen LogP contribution < -0.4 is 0 Å². The second-order valence-electron chi connectivity index (χ2n) is 7.05. The summed E-state index contributed by atoms with van der Waals surface area (Å²) in [6, 6.07) is 0. The van der Waals surface area contributed by atoms with Gasteiger partial charge in [-0.3, -0.25) is 0 Å². The summed E-state index contributed by atoms with van der Waals surface area (Å²) in [6.07, 6.45) is 1.39. The maximum atomic E-state index is 11.9. The summed E-state index contributed by atoms with van der Waals surface area (Å²) in [5, 5.41) is 3.88. The van der Waals surface area contributed by atoms with E-state index in [9.17, 15) is 4.79 Å². The van der Waals surface area contributed by atoms with E-state index >= 15 is 0 Å². The van der Waals surface area contributed by atoms with Crippen LogP contribution in [0.5, 0.6) is 0 Å². The van der Waals surface area contributed by atoms with Crippen molar-refractivity contribution in [3.8, 4) is 0 Å². The summed E-state index contributed by atoms with van der Waals surface area (Å²) < 4.78 is 22.2. The molecule has 1 aromatic heterocycles. The Bertz CT molecular complexity index is 546. The van der Waals surface area contributed by atoms with E-state index in [0.717, 1.165) is 6.42 Å². The normalized spacial score (nSPS) is 25.4. The molecule has 0 spiro atoms. The van der Waals surface area contributed by atoms with E-state index in [-0.39, 0.29) is 29.4 Å². The number of carbonyl (C=O) groups is 1. The van der Waals surface area contributed by atoms with Gasteiger partial charge in [0.1, 0.15) is 6.10 Å². The van der Waals surface area contributed by atoms with Crippen LogP contribution in [0.25, 0.3) is 0 Å². The minimum absolute atomic E-state index is 0.00660. The van der Waals surface area contributed by atoms with Crippen LogP contribution in [0.1, 0.15) is 68.5 Å². The number of hydrogen-bond acceptors (Lipinski definition) is 6. The highest BCUT2D eigenvalue weighted by Crippen LogP contribution is 2.40. The van der Waals surface area contributed by atoms with Gasteiger partial charge in [-0.25, -0.2) is 4.79 Å². The standard InChI is InChI=1S/C17H27NO5/c1-7-21-16(19)14-10(2)15(23-18-14)12-8-11(20-6)9-13(22-12)17(3,4)5/h11-13H,7-9H2,1-6H3/t11-,12-,13?/m0/s1.